The van der Waals surface area contributed by atoms with Gasteiger partial charge in [0.1, 0.15) is 18.1 Å². The summed E-state index contributed by atoms with van der Waals surface area (Å²) in [6.45, 7) is 2.43. The van der Waals surface area contributed by atoms with Gasteiger partial charge in [-0.1, -0.05) is 28.9 Å². The number of halogens is 1. The Morgan fingerprint density at radius 1 is 1.00 bits per heavy atom. The first-order valence-corrected chi connectivity index (χ1v) is 13.0. The van der Waals surface area contributed by atoms with E-state index in [0.29, 0.717) is 17.6 Å². The molecule has 3 aromatic heterocycles. The lowest BCUT2D eigenvalue weighted by atomic mass is 9.96. The van der Waals surface area contributed by atoms with Crippen molar-refractivity contribution in [3.8, 4) is 17.1 Å². The molecular formula is C29H29ClN6O2. The number of hydrogen-bond donors (Lipinski definition) is 1. The van der Waals surface area contributed by atoms with Crippen molar-refractivity contribution in [1.29, 1.82) is 0 Å². The number of anilines is 2. The summed E-state index contributed by atoms with van der Waals surface area (Å²) in [6.07, 6.45) is 6.16. The maximum absolute atomic E-state index is 6.10. The fourth-order valence-electron chi connectivity index (χ4n) is 4.34. The summed E-state index contributed by atoms with van der Waals surface area (Å²) < 4.78 is 5.38. The van der Waals surface area contributed by atoms with Crippen molar-refractivity contribution in [2.75, 3.05) is 19.0 Å². The lowest BCUT2D eigenvalue weighted by molar-refractivity contribution is 0.141. The van der Waals surface area contributed by atoms with Crippen LogP contribution in [0.4, 0.5) is 11.6 Å². The van der Waals surface area contributed by atoms with E-state index in [2.05, 4.69) is 20.4 Å². The smallest absolute Gasteiger partial charge is 0.227 e. The fourth-order valence-corrected chi connectivity index (χ4v) is 4.53. The minimum Gasteiger partial charge on any atom is -0.497 e. The first kappa shape index (κ1) is 25.6. The van der Waals surface area contributed by atoms with Crippen LogP contribution in [-0.2, 0) is 17.7 Å². The molecule has 0 saturated carbocycles. The molecule has 8 nitrogen and oxygen atoms in total. The van der Waals surface area contributed by atoms with Gasteiger partial charge in [-0.25, -0.2) is 9.97 Å². The summed E-state index contributed by atoms with van der Waals surface area (Å²) in [5.41, 5.74) is 7.10. The van der Waals surface area contributed by atoms with Gasteiger partial charge in [0.05, 0.1) is 24.2 Å². The minimum atomic E-state index is 0.486. The Morgan fingerprint density at radius 2 is 1.89 bits per heavy atom. The molecule has 0 fully saturated rings. The Labute approximate surface area is 227 Å². The zero-order chi connectivity index (χ0) is 26.3. The van der Waals surface area contributed by atoms with Gasteiger partial charge < -0.3 is 14.9 Å². The Morgan fingerprint density at radius 3 is 2.76 bits per heavy atom. The van der Waals surface area contributed by atoms with E-state index in [9.17, 15) is 0 Å². The predicted molar refractivity (Wildman–Crippen MR) is 149 cm³/mol. The van der Waals surface area contributed by atoms with Gasteiger partial charge in [-0.15, -0.1) is 0 Å². The topological polar surface area (TPSA) is 94.4 Å². The monoisotopic (exact) mass is 528 g/mol. The molecule has 4 aromatic rings. The first-order valence-electron chi connectivity index (χ1n) is 12.6. The number of rotatable bonds is 9. The van der Waals surface area contributed by atoms with Crippen LogP contribution in [0.2, 0.25) is 5.02 Å². The van der Waals surface area contributed by atoms with Gasteiger partial charge in [0, 0.05) is 40.4 Å². The second-order valence-corrected chi connectivity index (χ2v) is 9.52. The van der Waals surface area contributed by atoms with Crippen molar-refractivity contribution in [3.05, 3.63) is 88.5 Å². The summed E-state index contributed by atoms with van der Waals surface area (Å²) in [5, 5.41) is 8.31. The SMILES string of the molecule is COc1cc(C)nc(-c2cccc(CCCO/N=C3\CCCc4cnc(Nc5cccc(Cl)c5)nc43)n2)c1. The van der Waals surface area contributed by atoms with Gasteiger partial charge in [0.15, 0.2) is 0 Å². The number of aromatic nitrogens is 4. The van der Waals surface area contributed by atoms with Crippen LogP contribution in [-0.4, -0.2) is 39.4 Å². The van der Waals surface area contributed by atoms with Crippen molar-refractivity contribution < 1.29 is 9.57 Å². The number of fused-ring (bicyclic) bond motifs is 1. The normalized spacial score (nSPS) is 13.7. The van der Waals surface area contributed by atoms with Crippen LogP contribution in [0.1, 0.15) is 41.9 Å². The quantitative estimate of drug-likeness (QED) is 0.200. The van der Waals surface area contributed by atoms with Gasteiger partial charge in [0.25, 0.3) is 0 Å². The van der Waals surface area contributed by atoms with Gasteiger partial charge in [-0.2, -0.15) is 0 Å². The summed E-state index contributed by atoms with van der Waals surface area (Å²) >= 11 is 6.10. The van der Waals surface area contributed by atoms with E-state index in [0.717, 1.165) is 83.3 Å². The number of benzene rings is 1. The van der Waals surface area contributed by atoms with Gasteiger partial charge in [-0.05, 0) is 74.9 Å². The highest BCUT2D eigenvalue weighted by molar-refractivity contribution is 6.30. The molecular weight excluding hydrogens is 500 g/mol. The number of nitrogens with zero attached hydrogens (tertiary/aromatic N) is 5. The molecule has 1 aliphatic carbocycles. The van der Waals surface area contributed by atoms with Crippen molar-refractivity contribution in [2.24, 2.45) is 5.16 Å². The van der Waals surface area contributed by atoms with Crippen LogP contribution in [0.15, 0.2) is 65.9 Å². The zero-order valence-electron chi connectivity index (χ0n) is 21.4. The number of hydrogen-bond acceptors (Lipinski definition) is 8. The molecule has 38 heavy (non-hydrogen) atoms. The maximum Gasteiger partial charge on any atom is 0.227 e. The third kappa shape index (κ3) is 6.44. The van der Waals surface area contributed by atoms with E-state index in [-0.39, 0.29) is 0 Å². The Bertz CT molecular complexity index is 1460. The standard InChI is InChI=1S/C29H29ClN6O2/c1-19-15-24(37-2)17-27(32-19)25-12-5-9-22(33-25)11-6-14-38-36-26-13-3-7-20-18-31-29(35-28(20)26)34-23-10-4-8-21(30)16-23/h4-5,8-10,12,15-18H,3,6-7,11,13-14H2,1-2H3,(H,31,34,35)/b36-26+. The molecule has 0 aliphatic heterocycles. The molecule has 1 aromatic carbocycles. The molecule has 0 saturated heterocycles. The Balaban J connectivity index is 1.20. The molecule has 9 heteroatoms. The molecule has 0 atom stereocenters. The third-order valence-electron chi connectivity index (χ3n) is 6.15. The maximum atomic E-state index is 6.10. The Hall–Kier alpha value is -4.04. The Kier molecular flexibility index (Phi) is 8.09. The highest BCUT2D eigenvalue weighted by Gasteiger charge is 2.19. The van der Waals surface area contributed by atoms with E-state index in [1.165, 1.54) is 0 Å². The molecule has 5 rings (SSSR count). The van der Waals surface area contributed by atoms with Crippen molar-refractivity contribution >= 4 is 28.9 Å². The van der Waals surface area contributed by atoms with Crippen LogP contribution in [0.5, 0.6) is 5.75 Å². The van der Waals surface area contributed by atoms with E-state index < -0.39 is 0 Å². The zero-order valence-corrected chi connectivity index (χ0v) is 22.2. The number of oxime groups is 1. The molecule has 0 bridgehead atoms. The number of ether oxygens (including phenoxy) is 1. The number of aryl methyl sites for hydroxylation is 3. The largest absolute Gasteiger partial charge is 0.497 e. The first-order chi connectivity index (χ1) is 18.6. The molecule has 0 unspecified atom stereocenters. The van der Waals surface area contributed by atoms with Crippen LogP contribution in [0.3, 0.4) is 0 Å². The van der Waals surface area contributed by atoms with E-state index in [1.54, 1.807) is 7.11 Å². The molecule has 0 amide bonds. The number of nitrogens with one attached hydrogen (secondary N) is 1. The van der Waals surface area contributed by atoms with Gasteiger partial charge >= 0.3 is 0 Å². The minimum absolute atomic E-state index is 0.486. The van der Waals surface area contributed by atoms with E-state index in [4.69, 9.17) is 31.1 Å². The molecule has 1 N–H and O–H groups in total. The van der Waals surface area contributed by atoms with Crippen LogP contribution >= 0.6 is 11.6 Å². The highest BCUT2D eigenvalue weighted by atomic mass is 35.5. The lowest BCUT2D eigenvalue weighted by Gasteiger charge is -2.17. The fraction of sp³-hybridized carbons (Fsp3) is 0.276. The average molecular weight is 529 g/mol. The van der Waals surface area contributed by atoms with Gasteiger partial charge in [-0.3, -0.25) is 9.97 Å². The highest BCUT2D eigenvalue weighted by Crippen LogP contribution is 2.24. The average Bonchev–Trinajstić information content (AvgIpc) is 2.93. The van der Waals surface area contributed by atoms with Gasteiger partial charge in [0.2, 0.25) is 5.95 Å². The second-order valence-electron chi connectivity index (χ2n) is 9.08. The lowest BCUT2D eigenvalue weighted by Crippen LogP contribution is -2.16. The van der Waals surface area contributed by atoms with Crippen molar-refractivity contribution in [3.63, 3.8) is 0 Å². The van der Waals surface area contributed by atoms with Crippen LogP contribution in [0, 0.1) is 6.92 Å². The second kappa shape index (κ2) is 12.0. The summed E-state index contributed by atoms with van der Waals surface area (Å²) in [5.74, 6) is 1.28. The summed E-state index contributed by atoms with van der Waals surface area (Å²) in [6, 6.07) is 17.3. The van der Waals surface area contributed by atoms with E-state index >= 15 is 0 Å². The molecule has 3 heterocycles. The molecule has 1 aliphatic rings. The van der Waals surface area contributed by atoms with Crippen LogP contribution in [0.25, 0.3) is 11.4 Å². The number of pyridine rings is 2. The van der Waals surface area contributed by atoms with Crippen LogP contribution < -0.4 is 10.1 Å². The predicted octanol–water partition coefficient (Wildman–Crippen LogP) is 6.34. The third-order valence-corrected chi connectivity index (χ3v) is 6.39. The molecule has 0 radical (unpaired) electrons. The van der Waals surface area contributed by atoms with Crippen molar-refractivity contribution in [1.82, 2.24) is 19.9 Å². The molecule has 0 spiro atoms. The summed E-state index contributed by atoms with van der Waals surface area (Å²) in [4.78, 5) is 24.3. The van der Waals surface area contributed by atoms with Crippen molar-refractivity contribution in [2.45, 2.75) is 39.0 Å². The molecule has 194 valence electrons. The summed E-state index contributed by atoms with van der Waals surface area (Å²) in [7, 11) is 1.65. The van der Waals surface area contributed by atoms with E-state index in [1.807, 2.05) is 67.7 Å². The number of methoxy groups -OCH3 is 1.